The van der Waals surface area contributed by atoms with Crippen molar-refractivity contribution in [3.8, 4) is 11.5 Å². The number of nitrogens with zero attached hydrogens (tertiary/aromatic N) is 1. The number of nitrogens with one attached hydrogen (secondary N) is 1. The number of halogens is 1. The Labute approximate surface area is 152 Å². The van der Waals surface area contributed by atoms with Crippen LogP contribution in [0.1, 0.15) is 35.7 Å². The predicted octanol–water partition coefficient (Wildman–Crippen LogP) is 4.29. The van der Waals surface area contributed by atoms with Crippen LogP contribution in [0.4, 0.5) is 0 Å². The summed E-state index contributed by atoms with van der Waals surface area (Å²) in [5, 5.41) is 4.54. The zero-order valence-electron chi connectivity index (χ0n) is 14.3. The largest absolute Gasteiger partial charge is 0.493 e. The summed E-state index contributed by atoms with van der Waals surface area (Å²) in [7, 11) is 1.59. The zero-order valence-corrected chi connectivity index (χ0v) is 15.0. The summed E-state index contributed by atoms with van der Waals surface area (Å²) >= 11 is 5.80. The molecule has 5 nitrogen and oxygen atoms in total. The van der Waals surface area contributed by atoms with Crippen molar-refractivity contribution in [2.24, 2.45) is 5.10 Å². The maximum absolute atomic E-state index is 12.0. The van der Waals surface area contributed by atoms with E-state index in [1.165, 1.54) is 0 Å². The van der Waals surface area contributed by atoms with Gasteiger partial charge in [0.25, 0.3) is 5.91 Å². The minimum atomic E-state index is -0.306. The quantitative estimate of drug-likeness (QED) is 0.434. The molecule has 0 unspecified atom stereocenters. The fourth-order valence-electron chi connectivity index (χ4n) is 2.04. The molecule has 1 N–H and O–H groups in total. The molecule has 132 valence electrons. The van der Waals surface area contributed by atoms with Crippen molar-refractivity contribution in [3.63, 3.8) is 0 Å². The summed E-state index contributed by atoms with van der Waals surface area (Å²) in [6, 6.07) is 12.1. The van der Waals surface area contributed by atoms with Gasteiger partial charge in [-0.15, -0.1) is 0 Å². The van der Waals surface area contributed by atoms with Gasteiger partial charge in [0.1, 0.15) is 0 Å². The third-order valence-corrected chi connectivity index (χ3v) is 3.68. The van der Waals surface area contributed by atoms with Crippen molar-refractivity contribution in [3.05, 3.63) is 58.6 Å². The van der Waals surface area contributed by atoms with Gasteiger partial charge in [0.15, 0.2) is 11.5 Å². The van der Waals surface area contributed by atoms with Gasteiger partial charge in [-0.3, -0.25) is 4.79 Å². The highest BCUT2D eigenvalue weighted by molar-refractivity contribution is 6.30. The fourth-order valence-corrected chi connectivity index (χ4v) is 2.17. The van der Waals surface area contributed by atoms with Crippen LogP contribution in [0, 0.1) is 0 Å². The predicted molar refractivity (Wildman–Crippen MR) is 99.9 cm³/mol. The number of carbonyl (C=O) groups excluding carboxylic acids is 1. The van der Waals surface area contributed by atoms with Gasteiger partial charge >= 0.3 is 0 Å². The summed E-state index contributed by atoms with van der Waals surface area (Å²) in [6.07, 6.45) is 3.61. The number of ether oxygens (including phenoxy) is 2. The molecule has 0 radical (unpaired) electrons. The molecular formula is C19H21ClN2O3. The van der Waals surface area contributed by atoms with Crippen LogP contribution < -0.4 is 14.9 Å². The molecule has 0 fully saturated rings. The average molecular weight is 361 g/mol. The van der Waals surface area contributed by atoms with E-state index in [2.05, 4.69) is 17.5 Å². The number of hydrogen-bond donors (Lipinski definition) is 1. The number of amides is 1. The van der Waals surface area contributed by atoms with E-state index < -0.39 is 0 Å². The molecule has 25 heavy (non-hydrogen) atoms. The maximum atomic E-state index is 12.0. The van der Waals surface area contributed by atoms with Crippen molar-refractivity contribution >= 4 is 23.7 Å². The van der Waals surface area contributed by atoms with Gasteiger partial charge in [-0.05, 0) is 54.4 Å². The number of hydrogen-bond acceptors (Lipinski definition) is 4. The average Bonchev–Trinajstić information content (AvgIpc) is 2.63. The molecule has 0 bridgehead atoms. The molecule has 0 saturated carbocycles. The van der Waals surface area contributed by atoms with E-state index in [1.54, 1.807) is 43.7 Å². The van der Waals surface area contributed by atoms with Gasteiger partial charge in [0.05, 0.1) is 19.9 Å². The van der Waals surface area contributed by atoms with Crippen LogP contribution in [0.25, 0.3) is 0 Å². The summed E-state index contributed by atoms with van der Waals surface area (Å²) in [5.74, 6) is 1.02. The summed E-state index contributed by atoms with van der Waals surface area (Å²) in [4.78, 5) is 12.0. The smallest absolute Gasteiger partial charge is 0.271 e. The maximum Gasteiger partial charge on any atom is 0.271 e. The Kier molecular flexibility index (Phi) is 7.29. The highest BCUT2D eigenvalue weighted by atomic mass is 35.5. The van der Waals surface area contributed by atoms with E-state index in [9.17, 15) is 4.79 Å². The van der Waals surface area contributed by atoms with E-state index in [0.717, 1.165) is 18.4 Å². The van der Waals surface area contributed by atoms with Crippen LogP contribution >= 0.6 is 11.6 Å². The zero-order chi connectivity index (χ0) is 18.1. The molecule has 1 amide bonds. The Morgan fingerprint density at radius 2 is 1.96 bits per heavy atom. The third-order valence-electron chi connectivity index (χ3n) is 3.43. The fraction of sp³-hybridized carbons (Fsp3) is 0.263. The van der Waals surface area contributed by atoms with Crippen LogP contribution in [0.2, 0.25) is 5.02 Å². The first-order chi connectivity index (χ1) is 12.1. The minimum Gasteiger partial charge on any atom is -0.493 e. The number of carbonyl (C=O) groups is 1. The number of benzene rings is 2. The lowest BCUT2D eigenvalue weighted by Gasteiger charge is -2.10. The van der Waals surface area contributed by atoms with Crippen LogP contribution in [0.15, 0.2) is 47.6 Å². The molecule has 2 rings (SSSR count). The Morgan fingerprint density at radius 1 is 1.20 bits per heavy atom. The molecule has 0 heterocycles. The van der Waals surface area contributed by atoms with Gasteiger partial charge in [0.2, 0.25) is 0 Å². The Bertz CT molecular complexity index is 730. The molecular weight excluding hydrogens is 340 g/mol. The molecule has 2 aromatic carbocycles. The van der Waals surface area contributed by atoms with Crippen molar-refractivity contribution in [1.29, 1.82) is 0 Å². The Balaban J connectivity index is 1.98. The molecule has 0 saturated heterocycles. The molecule has 6 heteroatoms. The van der Waals surface area contributed by atoms with Crippen LogP contribution in [-0.2, 0) is 0 Å². The standard InChI is InChI=1S/C19H21ClN2O3/c1-3-4-11-25-17-10-5-14(12-18(17)24-2)13-21-22-19(23)15-6-8-16(20)9-7-15/h5-10,12-13H,3-4,11H2,1-2H3,(H,22,23)/b21-13-. The summed E-state index contributed by atoms with van der Waals surface area (Å²) < 4.78 is 11.0. The number of methoxy groups -OCH3 is 1. The molecule has 0 aromatic heterocycles. The monoisotopic (exact) mass is 360 g/mol. The van der Waals surface area contributed by atoms with E-state index >= 15 is 0 Å². The van der Waals surface area contributed by atoms with E-state index in [-0.39, 0.29) is 5.91 Å². The molecule has 0 spiro atoms. The van der Waals surface area contributed by atoms with Gasteiger partial charge < -0.3 is 9.47 Å². The number of rotatable bonds is 8. The van der Waals surface area contributed by atoms with Gasteiger partial charge in [0, 0.05) is 10.6 Å². The normalized spacial score (nSPS) is 10.7. The van der Waals surface area contributed by atoms with Crippen molar-refractivity contribution in [1.82, 2.24) is 5.43 Å². The van der Waals surface area contributed by atoms with Crippen LogP contribution in [-0.4, -0.2) is 25.8 Å². The van der Waals surface area contributed by atoms with Crippen LogP contribution in [0.5, 0.6) is 11.5 Å². The second kappa shape index (κ2) is 9.69. The first-order valence-corrected chi connectivity index (χ1v) is 8.41. The summed E-state index contributed by atoms with van der Waals surface area (Å²) in [5.41, 5.74) is 3.75. The van der Waals surface area contributed by atoms with Crippen molar-refractivity contribution < 1.29 is 14.3 Å². The van der Waals surface area contributed by atoms with E-state index in [1.807, 2.05) is 12.1 Å². The second-order valence-electron chi connectivity index (χ2n) is 5.32. The molecule has 0 aliphatic carbocycles. The Morgan fingerprint density at radius 3 is 2.64 bits per heavy atom. The SMILES string of the molecule is CCCCOc1ccc(/C=N\NC(=O)c2ccc(Cl)cc2)cc1OC. The van der Waals surface area contributed by atoms with Gasteiger partial charge in [-0.25, -0.2) is 5.43 Å². The first kappa shape index (κ1) is 18.8. The van der Waals surface area contributed by atoms with Crippen molar-refractivity contribution in [2.75, 3.05) is 13.7 Å². The molecule has 0 atom stereocenters. The van der Waals surface area contributed by atoms with Gasteiger partial charge in [-0.2, -0.15) is 5.10 Å². The Hall–Kier alpha value is -2.53. The lowest BCUT2D eigenvalue weighted by atomic mass is 10.2. The number of unbranched alkanes of at least 4 members (excludes halogenated alkanes) is 1. The highest BCUT2D eigenvalue weighted by Gasteiger charge is 2.06. The van der Waals surface area contributed by atoms with Gasteiger partial charge in [-0.1, -0.05) is 24.9 Å². The first-order valence-electron chi connectivity index (χ1n) is 8.04. The van der Waals surface area contributed by atoms with Crippen LogP contribution in [0.3, 0.4) is 0 Å². The molecule has 0 aliphatic rings. The lowest BCUT2D eigenvalue weighted by molar-refractivity contribution is 0.0955. The number of hydrazone groups is 1. The van der Waals surface area contributed by atoms with E-state index in [0.29, 0.717) is 28.7 Å². The molecule has 0 aliphatic heterocycles. The topological polar surface area (TPSA) is 59.9 Å². The highest BCUT2D eigenvalue weighted by Crippen LogP contribution is 2.27. The minimum absolute atomic E-state index is 0.306. The van der Waals surface area contributed by atoms with E-state index in [4.69, 9.17) is 21.1 Å². The molecule has 2 aromatic rings. The third kappa shape index (κ3) is 5.80. The van der Waals surface area contributed by atoms with Crippen molar-refractivity contribution in [2.45, 2.75) is 19.8 Å². The summed E-state index contributed by atoms with van der Waals surface area (Å²) in [6.45, 7) is 2.76. The lowest BCUT2D eigenvalue weighted by Crippen LogP contribution is -2.17. The second-order valence-corrected chi connectivity index (χ2v) is 5.75.